The third-order valence-electron chi connectivity index (χ3n) is 2.92. The van der Waals surface area contributed by atoms with Crippen molar-refractivity contribution in [3.05, 3.63) is 61.9 Å². The van der Waals surface area contributed by atoms with E-state index in [-0.39, 0.29) is 11.5 Å². The molecule has 3 rings (SSSR count). The SMILES string of the molecule is O=C1C(=Cc2cc(Cl)cc(Br)c2O)Sc2ccccc21. The minimum Gasteiger partial charge on any atom is -0.506 e. The van der Waals surface area contributed by atoms with Gasteiger partial charge in [-0.05, 0) is 46.3 Å². The quantitative estimate of drug-likeness (QED) is 0.709. The van der Waals surface area contributed by atoms with Crippen molar-refractivity contribution in [1.82, 2.24) is 0 Å². The van der Waals surface area contributed by atoms with Gasteiger partial charge in [0.15, 0.2) is 0 Å². The zero-order chi connectivity index (χ0) is 14.3. The van der Waals surface area contributed by atoms with E-state index in [2.05, 4.69) is 15.9 Å². The first kappa shape index (κ1) is 13.7. The van der Waals surface area contributed by atoms with Crippen LogP contribution in [0.2, 0.25) is 5.02 Å². The number of phenolic OH excluding ortho intramolecular Hbond substituents is 1. The average Bonchev–Trinajstić information content (AvgIpc) is 2.73. The highest BCUT2D eigenvalue weighted by Crippen LogP contribution is 2.42. The van der Waals surface area contributed by atoms with Crippen LogP contribution < -0.4 is 0 Å². The number of allylic oxidation sites excluding steroid dienone is 1. The molecule has 1 aliphatic heterocycles. The van der Waals surface area contributed by atoms with Crippen LogP contribution in [0.15, 0.2) is 50.7 Å². The van der Waals surface area contributed by atoms with Gasteiger partial charge in [-0.2, -0.15) is 0 Å². The number of thioether (sulfide) groups is 1. The van der Waals surface area contributed by atoms with Gasteiger partial charge in [-0.1, -0.05) is 35.5 Å². The van der Waals surface area contributed by atoms with E-state index >= 15 is 0 Å². The van der Waals surface area contributed by atoms with Gasteiger partial charge in [0.05, 0.1) is 9.38 Å². The molecule has 0 saturated heterocycles. The number of halogens is 2. The topological polar surface area (TPSA) is 37.3 Å². The standard InChI is InChI=1S/C15H8BrClO2S/c16-11-7-9(17)5-8(14(11)18)6-13-15(19)10-3-1-2-4-12(10)20-13/h1-7,18H. The lowest BCUT2D eigenvalue weighted by Gasteiger charge is -2.04. The van der Waals surface area contributed by atoms with Crippen LogP contribution >= 0.6 is 39.3 Å². The van der Waals surface area contributed by atoms with Gasteiger partial charge in [-0.3, -0.25) is 4.79 Å². The number of aromatic hydroxyl groups is 1. The number of phenols is 1. The molecule has 100 valence electrons. The molecule has 0 unspecified atom stereocenters. The summed E-state index contributed by atoms with van der Waals surface area (Å²) in [6.45, 7) is 0. The fraction of sp³-hybridized carbons (Fsp3) is 0. The predicted molar refractivity (Wildman–Crippen MR) is 85.4 cm³/mol. The Hall–Kier alpha value is -1.23. The molecule has 20 heavy (non-hydrogen) atoms. The number of ketones is 1. The van der Waals surface area contributed by atoms with E-state index in [1.807, 2.05) is 18.2 Å². The van der Waals surface area contributed by atoms with Gasteiger partial charge in [-0.25, -0.2) is 0 Å². The summed E-state index contributed by atoms with van der Waals surface area (Å²) in [5.74, 6) is 0.0485. The lowest BCUT2D eigenvalue weighted by atomic mass is 10.1. The molecule has 1 heterocycles. The molecule has 5 heteroatoms. The van der Waals surface area contributed by atoms with Gasteiger partial charge in [0.25, 0.3) is 0 Å². The van der Waals surface area contributed by atoms with Crippen molar-refractivity contribution in [2.24, 2.45) is 0 Å². The highest BCUT2D eigenvalue weighted by atomic mass is 79.9. The smallest absolute Gasteiger partial charge is 0.200 e. The first-order valence-electron chi connectivity index (χ1n) is 5.77. The van der Waals surface area contributed by atoms with Crippen LogP contribution in [0.25, 0.3) is 6.08 Å². The molecule has 2 nitrogen and oxygen atoms in total. The van der Waals surface area contributed by atoms with E-state index < -0.39 is 0 Å². The zero-order valence-electron chi connectivity index (χ0n) is 10.1. The molecule has 2 aromatic carbocycles. The van der Waals surface area contributed by atoms with Crippen LogP contribution in [-0.4, -0.2) is 10.9 Å². The molecule has 0 spiro atoms. The summed E-state index contributed by atoms with van der Waals surface area (Å²) in [7, 11) is 0. The first-order chi connectivity index (χ1) is 9.56. The minimum absolute atomic E-state index is 0.0268. The maximum Gasteiger partial charge on any atom is 0.200 e. The van der Waals surface area contributed by atoms with Crippen molar-refractivity contribution < 1.29 is 9.90 Å². The van der Waals surface area contributed by atoms with Gasteiger partial charge in [0, 0.05) is 21.0 Å². The first-order valence-corrected chi connectivity index (χ1v) is 7.76. The molecule has 0 amide bonds. The van der Waals surface area contributed by atoms with Crippen LogP contribution in [0.1, 0.15) is 15.9 Å². The lowest BCUT2D eigenvalue weighted by molar-refractivity contribution is 0.104. The van der Waals surface area contributed by atoms with Gasteiger partial charge >= 0.3 is 0 Å². The Morgan fingerprint density at radius 2 is 2.00 bits per heavy atom. The molecule has 0 radical (unpaired) electrons. The molecular weight excluding hydrogens is 360 g/mol. The summed E-state index contributed by atoms with van der Waals surface area (Å²) >= 11 is 10.6. The summed E-state index contributed by atoms with van der Waals surface area (Å²) in [5.41, 5.74) is 1.22. The summed E-state index contributed by atoms with van der Waals surface area (Å²) in [5, 5.41) is 10.5. The van der Waals surface area contributed by atoms with E-state index in [0.717, 1.165) is 4.90 Å². The van der Waals surface area contributed by atoms with Crippen LogP contribution in [0.5, 0.6) is 5.75 Å². The van der Waals surface area contributed by atoms with Crippen LogP contribution in [-0.2, 0) is 0 Å². The van der Waals surface area contributed by atoms with Gasteiger partial charge < -0.3 is 5.11 Å². The number of rotatable bonds is 1. The van der Waals surface area contributed by atoms with Crippen LogP contribution in [0, 0.1) is 0 Å². The Bertz CT molecular complexity index is 756. The maximum absolute atomic E-state index is 12.3. The molecule has 0 atom stereocenters. The Kier molecular flexibility index (Phi) is 3.63. The molecule has 0 saturated carbocycles. The second kappa shape index (κ2) is 5.28. The van der Waals surface area contributed by atoms with E-state index in [1.54, 1.807) is 24.3 Å². The van der Waals surface area contributed by atoms with Crippen LogP contribution in [0.3, 0.4) is 0 Å². The minimum atomic E-state index is -0.0268. The van der Waals surface area contributed by atoms with Crippen molar-refractivity contribution in [3.8, 4) is 5.75 Å². The summed E-state index contributed by atoms with van der Waals surface area (Å²) < 4.78 is 0.504. The van der Waals surface area contributed by atoms with Crippen molar-refractivity contribution >= 4 is 51.2 Å². The molecule has 0 bridgehead atoms. The normalized spacial score (nSPS) is 15.7. The molecular formula is C15H8BrClO2S. The average molecular weight is 368 g/mol. The van der Waals surface area contributed by atoms with Gasteiger partial charge in [0.1, 0.15) is 5.75 Å². The Morgan fingerprint density at radius 1 is 1.25 bits per heavy atom. The maximum atomic E-state index is 12.3. The molecule has 2 aromatic rings. The van der Waals surface area contributed by atoms with Crippen LogP contribution in [0.4, 0.5) is 0 Å². The third-order valence-corrected chi connectivity index (χ3v) is 4.84. The van der Waals surface area contributed by atoms with Crippen molar-refractivity contribution in [2.75, 3.05) is 0 Å². The number of hydrogen-bond donors (Lipinski definition) is 1. The zero-order valence-corrected chi connectivity index (χ0v) is 13.2. The lowest BCUT2D eigenvalue weighted by Crippen LogP contribution is -1.93. The number of fused-ring (bicyclic) bond motifs is 1. The number of benzene rings is 2. The summed E-state index contributed by atoms with van der Waals surface area (Å²) in [4.78, 5) is 13.8. The summed E-state index contributed by atoms with van der Waals surface area (Å²) in [6, 6.07) is 10.7. The number of hydrogen-bond acceptors (Lipinski definition) is 3. The Balaban J connectivity index is 2.06. The molecule has 0 aliphatic carbocycles. The van der Waals surface area contributed by atoms with E-state index in [1.165, 1.54) is 11.8 Å². The number of carbonyl (C=O) groups excluding carboxylic acids is 1. The van der Waals surface area contributed by atoms with Gasteiger partial charge in [-0.15, -0.1) is 0 Å². The van der Waals surface area contributed by atoms with Crippen molar-refractivity contribution in [3.63, 3.8) is 0 Å². The molecule has 0 fully saturated rings. The fourth-order valence-corrected chi connectivity index (χ4v) is 3.85. The monoisotopic (exact) mass is 366 g/mol. The Morgan fingerprint density at radius 3 is 2.75 bits per heavy atom. The second-order valence-corrected chi connectivity index (χ2v) is 6.64. The third kappa shape index (κ3) is 2.39. The molecule has 1 N–H and O–H groups in total. The largest absolute Gasteiger partial charge is 0.506 e. The molecule has 1 aliphatic rings. The Labute approximate surface area is 133 Å². The van der Waals surface area contributed by atoms with E-state index in [0.29, 0.717) is 25.5 Å². The van der Waals surface area contributed by atoms with Crippen molar-refractivity contribution in [2.45, 2.75) is 4.90 Å². The number of Topliss-reactive ketones (excluding diaryl/α,β-unsaturated/α-hetero) is 1. The van der Waals surface area contributed by atoms with Gasteiger partial charge in [0.2, 0.25) is 5.78 Å². The van der Waals surface area contributed by atoms with E-state index in [9.17, 15) is 9.90 Å². The van der Waals surface area contributed by atoms with E-state index in [4.69, 9.17) is 11.6 Å². The fourth-order valence-electron chi connectivity index (χ4n) is 1.97. The second-order valence-electron chi connectivity index (χ2n) is 4.26. The number of carbonyl (C=O) groups is 1. The highest BCUT2D eigenvalue weighted by Gasteiger charge is 2.25. The van der Waals surface area contributed by atoms with Crippen molar-refractivity contribution in [1.29, 1.82) is 0 Å². The highest BCUT2D eigenvalue weighted by molar-refractivity contribution is 9.10. The summed E-state index contributed by atoms with van der Waals surface area (Å²) in [6.07, 6.45) is 1.67. The molecule has 0 aromatic heterocycles. The predicted octanol–water partition coefficient (Wildman–Crippen LogP) is 5.14.